The third-order valence-corrected chi connectivity index (χ3v) is 4.91. The van der Waals surface area contributed by atoms with Gasteiger partial charge in [0, 0.05) is 5.39 Å². The number of aryl methyl sites for hydroxylation is 1. The molecule has 0 unspecified atom stereocenters. The Labute approximate surface area is 168 Å². The Morgan fingerprint density at radius 3 is 2.41 bits per heavy atom. The highest BCUT2D eigenvalue weighted by Gasteiger charge is 2.16. The molecule has 0 saturated carbocycles. The molecule has 3 aromatic rings. The fraction of sp³-hybridized carbons (Fsp3) is 0.292. The molecule has 0 aliphatic heterocycles. The molecule has 29 heavy (non-hydrogen) atoms. The van der Waals surface area contributed by atoms with Gasteiger partial charge < -0.3 is 4.74 Å². The Morgan fingerprint density at radius 1 is 0.862 bits per heavy atom. The van der Waals surface area contributed by atoms with Crippen LogP contribution in [0, 0.1) is 17.5 Å². The number of hydrogen-bond acceptors (Lipinski definition) is 2. The maximum Gasteiger partial charge on any atom is 0.346 e. The number of esters is 1. The van der Waals surface area contributed by atoms with Crippen molar-refractivity contribution in [3.63, 3.8) is 0 Å². The fourth-order valence-corrected chi connectivity index (χ4v) is 3.28. The highest BCUT2D eigenvalue weighted by Crippen LogP contribution is 2.25. The van der Waals surface area contributed by atoms with E-state index in [0.29, 0.717) is 5.39 Å². The van der Waals surface area contributed by atoms with Crippen molar-refractivity contribution in [3.8, 4) is 5.75 Å². The quantitative estimate of drug-likeness (QED) is 0.231. The van der Waals surface area contributed by atoms with Crippen LogP contribution in [-0.2, 0) is 6.42 Å². The Balaban J connectivity index is 1.67. The molecular formula is C24H23F3O2. The second kappa shape index (κ2) is 9.59. The first kappa shape index (κ1) is 20.9. The third kappa shape index (κ3) is 5.17. The molecule has 0 aliphatic carbocycles. The van der Waals surface area contributed by atoms with Crippen molar-refractivity contribution in [1.82, 2.24) is 0 Å². The number of ether oxygens (including phenoxy) is 1. The van der Waals surface area contributed by atoms with Gasteiger partial charge in [-0.05, 0) is 60.2 Å². The van der Waals surface area contributed by atoms with E-state index in [1.165, 1.54) is 55.7 Å². The highest BCUT2D eigenvalue weighted by atomic mass is 19.2. The van der Waals surface area contributed by atoms with Crippen molar-refractivity contribution in [2.75, 3.05) is 0 Å². The molecule has 3 rings (SSSR count). The number of fused-ring (bicyclic) bond motifs is 1. The molecule has 0 spiro atoms. The maximum atomic E-state index is 14.4. The second-order valence-electron chi connectivity index (χ2n) is 7.11. The van der Waals surface area contributed by atoms with Gasteiger partial charge in [-0.3, -0.25) is 0 Å². The summed E-state index contributed by atoms with van der Waals surface area (Å²) >= 11 is 0. The van der Waals surface area contributed by atoms with Crippen LogP contribution < -0.4 is 4.74 Å². The Morgan fingerprint density at radius 2 is 1.66 bits per heavy atom. The van der Waals surface area contributed by atoms with Crippen LogP contribution in [0.5, 0.6) is 5.75 Å². The van der Waals surface area contributed by atoms with Gasteiger partial charge in [0.1, 0.15) is 11.6 Å². The van der Waals surface area contributed by atoms with Crippen molar-refractivity contribution in [3.05, 3.63) is 77.1 Å². The monoisotopic (exact) mass is 400 g/mol. The van der Waals surface area contributed by atoms with Gasteiger partial charge in [0.15, 0.2) is 11.6 Å². The predicted molar refractivity (Wildman–Crippen MR) is 108 cm³/mol. The molecule has 0 aromatic heterocycles. The zero-order chi connectivity index (χ0) is 20.8. The summed E-state index contributed by atoms with van der Waals surface area (Å²) in [5.74, 6) is -3.24. The first-order valence-electron chi connectivity index (χ1n) is 9.88. The van der Waals surface area contributed by atoms with Crippen molar-refractivity contribution in [1.29, 1.82) is 0 Å². The van der Waals surface area contributed by atoms with Gasteiger partial charge >= 0.3 is 5.97 Å². The normalized spacial score (nSPS) is 11.0. The van der Waals surface area contributed by atoms with Crippen molar-refractivity contribution < 1.29 is 22.7 Å². The number of halogens is 3. The molecule has 0 aliphatic rings. The Hall–Kier alpha value is -2.82. The average molecular weight is 400 g/mol. The van der Waals surface area contributed by atoms with Crippen LogP contribution in [0.1, 0.15) is 54.9 Å². The minimum Gasteiger partial charge on any atom is -0.423 e. The van der Waals surface area contributed by atoms with Gasteiger partial charge in [-0.1, -0.05) is 44.7 Å². The number of hydrogen-bond donors (Lipinski definition) is 0. The van der Waals surface area contributed by atoms with Crippen LogP contribution in [0.25, 0.3) is 10.8 Å². The van der Waals surface area contributed by atoms with E-state index in [9.17, 15) is 18.0 Å². The summed E-state index contributed by atoms with van der Waals surface area (Å²) in [6.45, 7) is 2.16. The van der Waals surface area contributed by atoms with E-state index in [0.717, 1.165) is 30.9 Å². The minimum atomic E-state index is -0.961. The molecule has 0 amide bonds. The molecule has 0 atom stereocenters. The summed E-state index contributed by atoms with van der Waals surface area (Å²) in [5.41, 5.74) is 0.684. The molecule has 0 bridgehead atoms. The molecule has 0 N–H and O–H groups in total. The molecule has 3 aromatic carbocycles. The van der Waals surface area contributed by atoms with E-state index < -0.39 is 23.4 Å². The fourth-order valence-electron chi connectivity index (χ4n) is 3.28. The smallest absolute Gasteiger partial charge is 0.346 e. The molecule has 0 heterocycles. The van der Waals surface area contributed by atoms with Crippen LogP contribution >= 0.6 is 0 Å². The van der Waals surface area contributed by atoms with Gasteiger partial charge in [0.2, 0.25) is 0 Å². The van der Waals surface area contributed by atoms with Gasteiger partial charge in [0.25, 0.3) is 0 Å². The van der Waals surface area contributed by atoms with Gasteiger partial charge in [-0.15, -0.1) is 0 Å². The number of carbonyl (C=O) groups excluding carboxylic acids is 1. The predicted octanol–water partition coefficient (Wildman–Crippen LogP) is 6.99. The number of carbonyl (C=O) groups is 1. The summed E-state index contributed by atoms with van der Waals surface area (Å²) in [6.07, 6.45) is 6.40. The van der Waals surface area contributed by atoms with Crippen LogP contribution in [0.4, 0.5) is 13.2 Å². The molecule has 0 fully saturated rings. The average Bonchev–Trinajstić information content (AvgIpc) is 2.70. The number of unbranched alkanes of at least 4 members (excludes halogenated alkanes) is 4. The summed E-state index contributed by atoms with van der Waals surface area (Å²) in [5, 5.41) is 0.465. The molecule has 5 heteroatoms. The van der Waals surface area contributed by atoms with Crippen molar-refractivity contribution >= 4 is 16.7 Å². The molecular weight excluding hydrogens is 377 g/mol. The molecule has 2 nitrogen and oxygen atoms in total. The van der Waals surface area contributed by atoms with Crippen molar-refractivity contribution in [2.45, 2.75) is 45.4 Å². The van der Waals surface area contributed by atoms with Crippen molar-refractivity contribution in [2.24, 2.45) is 0 Å². The lowest BCUT2D eigenvalue weighted by atomic mass is 10.0. The van der Waals surface area contributed by atoms with Crippen LogP contribution in [0.3, 0.4) is 0 Å². The lowest BCUT2D eigenvalue weighted by Crippen LogP contribution is -2.11. The number of benzene rings is 3. The Kier molecular flexibility index (Phi) is 6.91. The van der Waals surface area contributed by atoms with E-state index in [2.05, 4.69) is 6.92 Å². The molecule has 0 radical (unpaired) electrons. The van der Waals surface area contributed by atoms with Gasteiger partial charge in [-0.2, -0.15) is 0 Å². The highest BCUT2D eigenvalue weighted by molar-refractivity contribution is 5.92. The van der Waals surface area contributed by atoms with Gasteiger partial charge in [-0.25, -0.2) is 18.0 Å². The lowest BCUT2D eigenvalue weighted by molar-refractivity contribution is 0.0730. The van der Waals surface area contributed by atoms with Crippen LogP contribution in [-0.4, -0.2) is 5.97 Å². The van der Waals surface area contributed by atoms with E-state index in [-0.39, 0.29) is 16.7 Å². The first-order valence-corrected chi connectivity index (χ1v) is 9.88. The third-order valence-electron chi connectivity index (χ3n) is 4.91. The largest absolute Gasteiger partial charge is 0.423 e. The standard InChI is InChI=1S/C24H23F3O2/c1-2-3-4-5-6-7-16-8-11-20(22(26)14-16)24(28)29-18-10-12-19-17(15-18)9-13-21(25)23(19)27/h8-15H,2-7H2,1H3. The molecule has 0 saturated heterocycles. The van der Waals surface area contributed by atoms with Gasteiger partial charge in [0.05, 0.1) is 5.56 Å². The number of rotatable bonds is 8. The maximum absolute atomic E-state index is 14.4. The summed E-state index contributed by atoms with van der Waals surface area (Å²) < 4.78 is 46.7. The van der Waals surface area contributed by atoms with E-state index in [1.807, 2.05) is 0 Å². The molecule has 152 valence electrons. The Bertz CT molecular complexity index is 1010. The van der Waals surface area contributed by atoms with E-state index in [4.69, 9.17) is 4.74 Å². The van der Waals surface area contributed by atoms with Crippen LogP contribution in [0.2, 0.25) is 0 Å². The summed E-state index contributed by atoms with van der Waals surface area (Å²) in [4.78, 5) is 12.3. The van der Waals surface area contributed by atoms with E-state index in [1.54, 1.807) is 6.07 Å². The minimum absolute atomic E-state index is 0.0827. The topological polar surface area (TPSA) is 26.3 Å². The lowest BCUT2D eigenvalue weighted by Gasteiger charge is -2.08. The SMILES string of the molecule is CCCCCCCc1ccc(C(=O)Oc2ccc3c(F)c(F)ccc3c2)c(F)c1. The first-order chi connectivity index (χ1) is 14.0. The second-order valence-corrected chi connectivity index (χ2v) is 7.11. The summed E-state index contributed by atoms with van der Waals surface area (Å²) in [6, 6.07) is 11.0. The zero-order valence-electron chi connectivity index (χ0n) is 16.3. The summed E-state index contributed by atoms with van der Waals surface area (Å²) in [7, 11) is 0. The van der Waals surface area contributed by atoms with E-state index >= 15 is 0 Å². The van der Waals surface area contributed by atoms with Crippen LogP contribution in [0.15, 0.2) is 48.5 Å². The zero-order valence-corrected chi connectivity index (χ0v) is 16.3.